The molecule has 0 bridgehead atoms. The maximum absolute atomic E-state index is 12.1. The molecule has 1 saturated heterocycles. The maximum Gasteiger partial charge on any atom is 0.405 e. The van der Waals surface area contributed by atoms with Gasteiger partial charge in [0, 0.05) is 19.0 Å². The number of halogens is 3. The summed E-state index contributed by atoms with van der Waals surface area (Å²) in [4.78, 5) is 22.4. The molecule has 1 aliphatic rings. The quantitative estimate of drug-likeness (QED) is 0.930. The molecule has 3 heterocycles. The third kappa shape index (κ3) is 3.72. The summed E-state index contributed by atoms with van der Waals surface area (Å²) in [7, 11) is 0. The first-order valence-corrected chi connectivity index (χ1v) is 8.09. The van der Waals surface area contributed by atoms with E-state index in [1.54, 1.807) is 11.3 Å². The van der Waals surface area contributed by atoms with Crippen molar-refractivity contribution in [1.82, 2.24) is 15.3 Å². The maximum atomic E-state index is 12.1. The number of piperidine rings is 1. The fraction of sp³-hybridized carbons (Fsp3) is 0.500. The van der Waals surface area contributed by atoms with Crippen molar-refractivity contribution >= 4 is 33.3 Å². The zero-order valence-electron chi connectivity index (χ0n) is 12.1. The molecule has 2 aromatic heterocycles. The molecule has 0 saturated carbocycles. The van der Waals surface area contributed by atoms with Crippen LogP contribution in [0.1, 0.15) is 12.8 Å². The van der Waals surface area contributed by atoms with Crippen molar-refractivity contribution in [2.75, 3.05) is 24.5 Å². The van der Waals surface area contributed by atoms with Gasteiger partial charge in [0.15, 0.2) is 0 Å². The SMILES string of the molecule is O=C(NCC(F)(F)F)C1CCN(c2ncnc3ccsc23)CC1. The third-order valence-corrected chi connectivity index (χ3v) is 4.75. The van der Waals surface area contributed by atoms with Crippen molar-refractivity contribution in [3.05, 3.63) is 17.8 Å². The minimum absolute atomic E-state index is 0.380. The first-order valence-electron chi connectivity index (χ1n) is 7.21. The van der Waals surface area contributed by atoms with Gasteiger partial charge < -0.3 is 10.2 Å². The van der Waals surface area contributed by atoms with Gasteiger partial charge in [0.2, 0.25) is 5.91 Å². The number of amides is 1. The molecule has 124 valence electrons. The molecule has 0 aliphatic carbocycles. The number of hydrogen-bond donors (Lipinski definition) is 1. The number of aromatic nitrogens is 2. The number of nitrogens with one attached hydrogen (secondary N) is 1. The first-order chi connectivity index (χ1) is 10.9. The molecule has 3 rings (SSSR count). The van der Waals surface area contributed by atoms with Crippen molar-refractivity contribution in [3.63, 3.8) is 0 Å². The molecule has 23 heavy (non-hydrogen) atoms. The Morgan fingerprint density at radius 2 is 2.09 bits per heavy atom. The van der Waals surface area contributed by atoms with E-state index in [1.165, 1.54) is 6.33 Å². The lowest BCUT2D eigenvalue weighted by Crippen LogP contribution is -2.43. The van der Waals surface area contributed by atoms with E-state index in [0.717, 1.165) is 16.0 Å². The predicted octanol–water partition coefficient (Wildman–Crippen LogP) is 2.59. The topological polar surface area (TPSA) is 58.1 Å². The van der Waals surface area contributed by atoms with Crippen LogP contribution in [0.2, 0.25) is 0 Å². The Hall–Kier alpha value is -1.90. The summed E-state index contributed by atoms with van der Waals surface area (Å²) in [5.41, 5.74) is 0.880. The second-order valence-corrected chi connectivity index (χ2v) is 6.34. The highest BCUT2D eigenvalue weighted by Gasteiger charge is 2.31. The lowest BCUT2D eigenvalue weighted by atomic mass is 9.96. The standard InChI is InChI=1S/C14H15F3N4OS/c15-14(16,17)7-18-13(22)9-1-4-21(5-2-9)12-11-10(3-6-23-11)19-8-20-12/h3,6,8-9H,1-2,4-5,7H2,(H,18,22). The van der Waals surface area contributed by atoms with Crippen molar-refractivity contribution in [1.29, 1.82) is 0 Å². The van der Waals surface area contributed by atoms with Gasteiger partial charge in [-0.05, 0) is 24.3 Å². The summed E-state index contributed by atoms with van der Waals surface area (Å²) in [5, 5.41) is 3.91. The van der Waals surface area contributed by atoms with E-state index in [-0.39, 0.29) is 5.92 Å². The molecule has 2 aromatic rings. The van der Waals surface area contributed by atoms with Crippen LogP contribution in [0.3, 0.4) is 0 Å². The molecule has 5 nitrogen and oxygen atoms in total. The molecule has 0 aromatic carbocycles. The van der Waals surface area contributed by atoms with Gasteiger partial charge in [0.1, 0.15) is 18.7 Å². The van der Waals surface area contributed by atoms with Gasteiger partial charge in [0.25, 0.3) is 0 Å². The summed E-state index contributed by atoms with van der Waals surface area (Å²) in [6.45, 7) is -0.0873. The van der Waals surface area contributed by atoms with Crippen LogP contribution in [0.4, 0.5) is 19.0 Å². The zero-order chi connectivity index (χ0) is 16.4. The van der Waals surface area contributed by atoms with Gasteiger partial charge in [-0.3, -0.25) is 4.79 Å². The second kappa shape index (κ2) is 6.31. The van der Waals surface area contributed by atoms with Gasteiger partial charge in [-0.1, -0.05) is 0 Å². The third-order valence-electron chi connectivity index (χ3n) is 3.85. The van der Waals surface area contributed by atoms with E-state index in [1.807, 2.05) is 16.8 Å². The van der Waals surface area contributed by atoms with E-state index >= 15 is 0 Å². The van der Waals surface area contributed by atoms with Crippen LogP contribution in [0.5, 0.6) is 0 Å². The van der Waals surface area contributed by atoms with E-state index in [0.29, 0.717) is 25.9 Å². The highest BCUT2D eigenvalue weighted by atomic mass is 32.1. The minimum Gasteiger partial charge on any atom is -0.355 e. The predicted molar refractivity (Wildman–Crippen MR) is 81.4 cm³/mol. The highest BCUT2D eigenvalue weighted by molar-refractivity contribution is 7.17. The Labute approximate surface area is 134 Å². The first kappa shape index (κ1) is 16.0. The zero-order valence-corrected chi connectivity index (χ0v) is 13.0. The number of fused-ring (bicyclic) bond motifs is 1. The Kier molecular flexibility index (Phi) is 4.38. The molecule has 1 amide bonds. The van der Waals surface area contributed by atoms with Crippen LogP contribution in [-0.2, 0) is 4.79 Å². The van der Waals surface area contributed by atoms with Crippen molar-refractivity contribution in [3.8, 4) is 0 Å². The van der Waals surface area contributed by atoms with Crippen molar-refractivity contribution in [2.24, 2.45) is 5.92 Å². The molecule has 1 aliphatic heterocycles. The molecule has 0 radical (unpaired) electrons. The van der Waals surface area contributed by atoms with Gasteiger partial charge >= 0.3 is 6.18 Å². The van der Waals surface area contributed by atoms with Gasteiger partial charge in [0.05, 0.1) is 10.2 Å². The summed E-state index contributed by atoms with van der Waals surface area (Å²) in [6, 6.07) is 1.92. The second-order valence-electron chi connectivity index (χ2n) is 5.43. The monoisotopic (exact) mass is 344 g/mol. The average Bonchev–Trinajstić information content (AvgIpc) is 3.00. The van der Waals surface area contributed by atoms with Crippen LogP contribution < -0.4 is 10.2 Å². The van der Waals surface area contributed by atoms with Crippen molar-refractivity contribution in [2.45, 2.75) is 19.0 Å². The summed E-state index contributed by atoms with van der Waals surface area (Å²) >= 11 is 1.55. The molecule has 0 spiro atoms. The van der Waals surface area contributed by atoms with Gasteiger partial charge in [-0.2, -0.15) is 13.2 Å². The molecule has 1 N–H and O–H groups in total. The van der Waals surface area contributed by atoms with Crippen LogP contribution >= 0.6 is 11.3 Å². The number of carbonyl (C=O) groups is 1. The van der Waals surface area contributed by atoms with Gasteiger partial charge in [-0.15, -0.1) is 11.3 Å². The van der Waals surface area contributed by atoms with Crippen molar-refractivity contribution < 1.29 is 18.0 Å². The van der Waals surface area contributed by atoms with Crippen LogP contribution in [0.25, 0.3) is 10.2 Å². The largest absolute Gasteiger partial charge is 0.405 e. The number of nitrogens with zero attached hydrogens (tertiary/aromatic N) is 3. The fourth-order valence-corrected chi connectivity index (χ4v) is 3.55. The summed E-state index contributed by atoms with van der Waals surface area (Å²) < 4.78 is 37.4. The molecule has 1 fully saturated rings. The minimum atomic E-state index is -4.37. The number of carbonyl (C=O) groups excluding carboxylic acids is 1. The normalized spacial score (nSPS) is 16.7. The van der Waals surface area contributed by atoms with Gasteiger partial charge in [-0.25, -0.2) is 9.97 Å². The number of thiophene rings is 1. The smallest absolute Gasteiger partial charge is 0.355 e. The molecule has 9 heteroatoms. The van der Waals surface area contributed by atoms with Crippen LogP contribution in [0.15, 0.2) is 17.8 Å². The highest BCUT2D eigenvalue weighted by Crippen LogP contribution is 2.30. The van der Waals surface area contributed by atoms with E-state index in [4.69, 9.17) is 0 Å². The molecular formula is C14H15F3N4OS. The number of rotatable bonds is 3. The number of hydrogen-bond acceptors (Lipinski definition) is 5. The molecule has 0 unspecified atom stereocenters. The number of anilines is 1. The van der Waals surface area contributed by atoms with E-state index in [2.05, 4.69) is 14.9 Å². The Morgan fingerprint density at radius 3 is 2.78 bits per heavy atom. The fourth-order valence-electron chi connectivity index (χ4n) is 2.69. The Morgan fingerprint density at radius 1 is 1.35 bits per heavy atom. The molecular weight excluding hydrogens is 329 g/mol. The average molecular weight is 344 g/mol. The Bertz CT molecular complexity index is 695. The number of alkyl halides is 3. The van der Waals surface area contributed by atoms with Crippen LogP contribution in [-0.4, -0.2) is 41.7 Å². The lowest BCUT2D eigenvalue weighted by Gasteiger charge is -2.32. The van der Waals surface area contributed by atoms with E-state index in [9.17, 15) is 18.0 Å². The summed E-state index contributed by atoms with van der Waals surface area (Å²) in [5.74, 6) is -0.0700. The van der Waals surface area contributed by atoms with E-state index < -0.39 is 18.6 Å². The lowest BCUT2D eigenvalue weighted by molar-refractivity contribution is -0.141. The summed E-state index contributed by atoms with van der Waals surface area (Å²) in [6.07, 6.45) is -1.84. The van der Waals surface area contributed by atoms with Crippen LogP contribution in [0, 0.1) is 5.92 Å². The molecule has 0 atom stereocenters. The Balaban J connectivity index is 1.60.